The van der Waals surface area contributed by atoms with Gasteiger partial charge in [0.1, 0.15) is 6.10 Å². The van der Waals surface area contributed by atoms with Crippen molar-refractivity contribution in [1.29, 1.82) is 0 Å². The maximum absolute atomic E-state index is 12.2. The first-order chi connectivity index (χ1) is 11.8. The van der Waals surface area contributed by atoms with Crippen molar-refractivity contribution in [3.8, 4) is 0 Å². The minimum Gasteiger partial charge on any atom is -0.461 e. The number of esters is 1. The number of amides is 2. The Labute approximate surface area is 149 Å². The number of nitrogens with one attached hydrogen (secondary N) is 2. The van der Waals surface area contributed by atoms with Gasteiger partial charge in [0.25, 0.3) is 0 Å². The molecule has 25 heavy (non-hydrogen) atoms. The lowest BCUT2D eigenvalue weighted by atomic mass is 9.99. The summed E-state index contributed by atoms with van der Waals surface area (Å²) in [5.74, 6) is -1.53. The van der Waals surface area contributed by atoms with E-state index in [-0.39, 0.29) is 49.8 Å². The number of hydrogen-bond donors (Lipinski definition) is 3. The van der Waals surface area contributed by atoms with Gasteiger partial charge in [-0.2, -0.15) is 0 Å². The largest absolute Gasteiger partial charge is 0.461 e. The summed E-state index contributed by atoms with van der Waals surface area (Å²) < 4.78 is 5.16. The molecule has 2 amide bonds. The Balaban J connectivity index is 4.39. The van der Waals surface area contributed by atoms with Gasteiger partial charge in [-0.05, 0) is 26.7 Å². The molecule has 0 aromatic carbocycles. The van der Waals surface area contributed by atoms with Crippen molar-refractivity contribution in [1.82, 2.24) is 10.6 Å². The third-order valence-electron chi connectivity index (χ3n) is 3.38. The van der Waals surface area contributed by atoms with Gasteiger partial charge in [-0.1, -0.05) is 12.2 Å². The van der Waals surface area contributed by atoms with Gasteiger partial charge in [-0.25, -0.2) is 0 Å². The molecule has 3 atom stereocenters. The number of carbonyl (C=O) groups excluding carboxylic acids is 3. The smallest absolute Gasteiger partial charge is 0.306 e. The molecule has 142 valence electrons. The quantitative estimate of drug-likeness (QED) is 0.339. The third kappa shape index (κ3) is 11.1. The zero-order valence-electron chi connectivity index (χ0n) is 15.1. The second-order valence-corrected chi connectivity index (χ2v) is 5.95. The molecule has 0 fully saturated rings. The van der Waals surface area contributed by atoms with Gasteiger partial charge in [0.2, 0.25) is 11.8 Å². The van der Waals surface area contributed by atoms with Crippen molar-refractivity contribution >= 4 is 17.8 Å². The van der Waals surface area contributed by atoms with E-state index in [0.29, 0.717) is 12.8 Å². The molecule has 0 heterocycles. The SMILES string of the molecule is C=CCCC(=O)OC(C)CNC(=O)C(CC=C)CC(=O)NC(C)CO. The number of aliphatic hydroxyl groups is 1. The molecule has 7 heteroatoms. The molecule has 0 rings (SSSR count). The molecule has 7 nitrogen and oxygen atoms in total. The number of hydrogen-bond acceptors (Lipinski definition) is 5. The third-order valence-corrected chi connectivity index (χ3v) is 3.38. The molecule has 0 saturated carbocycles. The predicted octanol–water partition coefficient (Wildman–Crippen LogP) is 1.08. The minimum absolute atomic E-state index is 0.00427. The standard InChI is InChI=1S/C18H30N2O5/c1-5-7-9-17(23)25-14(4)11-19-18(24)15(8-6-2)10-16(22)20-13(3)12-21/h5-6,13-15,21H,1-2,7-12H2,3-4H3,(H,19,24)(H,20,22). The van der Waals surface area contributed by atoms with E-state index >= 15 is 0 Å². The first-order valence-corrected chi connectivity index (χ1v) is 8.43. The fourth-order valence-corrected chi connectivity index (χ4v) is 2.02. The second-order valence-electron chi connectivity index (χ2n) is 5.95. The molecule has 0 aliphatic rings. The lowest BCUT2D eigenvalue weighted by molar-refractivity contribution is -0.148. The van der Waals surface area contributed by atoms with E-state index in [2.05, 4.69) is 23.8 Å². The average Bonchev–Trinajstić information content (AvgIpc) is 2.57. The molecule has 3 N–H and O–H groups in total. The van der Waals surface area contributed by atoms with Crippen LogP contribution in [0.15, 0.2) is 25.3 Å². The number of rotatable bonds is 13. The highest BCUT2D eigenvalue weighted by Gasteiger charge is 2.22. The van der Waals surface area contributed by atoms with Crippen LogP contribution in [0, 0.1) is 5.92 Å². The average molecular weight is 354 g/mol. The van der Waals surface area contributed by atoms with Crippen LogP contribution in [-0.2, 0) is 19.1 Å². The van der Waals surface area contributed by atoms with Gasteiger partial charge in [0.15, 0.2) is 0 Å². The van der Waals surface area contributed by atoms with Gasteiger partial charge in [0, 0.05) is 18.9 Å². The Morgan fingerprint density at radius 2 is 1.88 bits per heavy atom. The molecule has 0 spiro atoms. The molecule has 0 aliphatic carbocycles. The van der Waals surface area contributed by atoms with Crippen LogP contribution in [0.1, 0.15) is 39.5 Å². The van der Waals surface area contributed by atoms with E-state index in [4.69, 9.17) is 9.84 Å². The molecule has 0 radical (unpaired) electrons. The summed E-state index contributed by atoms with van der Waals surface area (Å²) in [4.78, 5) is 35.6. The lowest BCUT2D eigenvalue weighted by Crippen LogP contribution is -2.41. The van der Waals surface area contributed by atoms with Gasteiger partial charge < -0.3 is 20.5 Å². The van der Waals surface area contributed by atoms with E-state index < -0.39 is 12.0 Å². The molecule has 3 unspecified atom stereocenters. The van der Waals surface area contributed by atoms with Crippen molar-refractivity contribution in [3.63, 3.8) is 0 Å². The monoisotopic (exact) mass is 354 g/mol. The topological polar surface area (TPSA) is 105 Å². The van der Waals surface area contributed by atoms with Crippen molar-refractivity contribution in [3.05, 3.63) is 25.3 Å². The van der Waals surface area contributed by atoms with E-state index in [1.54, 1.807) is 26.0 Å². The fraction of sp³-hybridized carbons (Fsp3) is 0.611. The highest BCUT2D eigenvalue weighted by molar-refractivity contribution is 5.86. The molecule has 0 bridgehead atoms. The Morgan fingerprint density at radius 3 is 2.44 bits per heavy atom. The number of carbonyl (C=O) groups is 3. The number of ether oxygens (including phenoxy) is 1. The maximum Gasteiger partial charge on any atom is 0.306 e. The van der Waals surface area contributed by atoms with E-state index in [0.717, 1.165) is 0 Å². The number of allylic oxidation sites excluding steroid dienone is 2. The number of aliphatic hydroxyl groups excluding tert-OH is 1. The highest BCUT2D eigenvalue weighted by atomic mass is 16.5. The Kier molecular flexibility index (Phi) is 12.0. The van der Waals surface area contributed by atoms with Gasteiger partial charge >= 0.3 is 5.97 Å². The van der Waals surface area contributed by atoms with Crippen molar-refractivity contribution in [2.24, 2.45) is 5.92 Å². The van der Waals surface area contributed by atoms with Crippen LogP contribution in [-0.4, -0.2) is 48.2 Å². The van der Waals surface area contributed by atoms with Crippen molar-refractivity contribution in [2.75, 3.05) is 13.2 Å². The maximum atomic E-state index is 12.2. The second kappa shape index (κ2) is 13.2. The van der Waals surface area contributed by atoms with Gasteiger partial charge in [-0.3, -0.25) is 14.4 Å². The minimum atomic E-state index is -0.563. The zero-order chi connectivity index (χ0) is 19.2. The fourth-order valence-electron chi connectivity index (χ4n) is 2.02. The normalized spacial score (nSPS) is 13.9. The van der Waals surface area contributed by atoms with Crippen LogP contribution in [0.3, 0.4) is 0 Å². The van der Waals surface area contributed by atoms with Crippen LogP contribution >= 0.6 is 0 Å². The van der Waals surface area contributed by atoms with Crippen LogP contribution in [0.2, 0.25) is 0 Å². The summed E-state index contributed by atoms with van der Waals surface area (Å²) in [6, 6.07) is -0.366. The molecule has 0 aromatic rings. The van der Waals surface area contributed by atoms with E-state index in [1.807, 2.05) is 0 Å². The van der Waals surface area contributed by atoms with Gasteiger partial charge in [-0.15, -0.1) is 13.2 Å². The van der Waals surface area contributed by atoms with Crippen LogP contribution in [0.5, 0.6) is 0 Å². The Bertz CT molecular complexity index is 464. The Morgan fingerprint density at radius 1 is 1.20 bits per heavy atom. The van der Waals surface area contributed by atoms with Crippen LogP contribution in [0.4, 0.5) is 0 Å². The van der Waals surface area contributed by atoms with Crippen LogP contribution < -0.4 is 10.6 Å². The summed E-state index contributed by atoms with van der Waals surface area (Å²) in [5, 5.41) is 14.2. The van der Waals surface area contributed by atoms with Crippen molar-refractivity contribution < 1.29 is 24.2 Å². The summed E-state index contributed by atoms with van der Waals surface area (Å²) >= 11 is 0. The van der Waals surface area contributed by atoms with E-state index in [9.17, 15) is 14.4 Å². The molecule has 0 aliphatic heterocycles. The van der Waals surface area contributed by atoms with Crippen LogP contribution in [0.25, 0.3) is 0 Å². The summed E-state index contributed by atoms with van der Waals surface area (Å²) in [6.07, 6.45) is 3.89. The predicted molar refractivity (Wildman–Crippen MR) is 95.6 cm³/mol. The highest BCUT2D eigenvalue weighted by Crippen LogP contribution is 2.10. The van der Waals surface area contributed by atoms with Gasteiger partial charge in [0.05, 0.1) is 19.1 Å². The molecule has 0 saturated heterocycles. The first kappa shape index (κ1) is 22.9. The summed E-state index contributed by atoms with van der Waals surface area (Å²) in [6.45, 7) is 10.5. The zero-order valence-corrected chi connectivity index (χ0v) is 15.1. The first-order valence-electron chi connectivity index (χ1n) is 8.43. The van der Waals surface area contributed by atoms with Crippen molar-refractivity contribution in [2.45, 2.75) is 51.7 Å². The molecular formula is C18H30N2O5. The summed E-state index contributed by atoms with van der Waals surface area (Å²) in [7, 11) is 0. The molecule has 0 aromatic heterocycles. The lowest BCUT2D eigenvalue weighted by Gasteiger charge is -2.19. The molecular weight excluding hydrogens is 324 g/mol. The van der Waals surface area contributed by atoms with E-state index in [1.165, 1.54) is 0 Å². The Hall–Kier alpha value is -2.15. The summed E-state index contributed by atoms with van der Waals surface area (Å²) in [5.41, 5.74) is 0.